The van der Waals surface area contributed by atoms with Crippen LogP contribution in [0.5, 0.6) is 5.75 Å². The van der Waals surface area contributed by atoms with Gasteiger partial charge in [0.15, 0.2) is 14.9 Å². The van der Waals surface area contributed by atoms with Gasteiger partial charge in [-0.25, -0.2) is 18.4 Å². The lowest BCUT2D eigenvalue weighted by molar-refractivity contribution is -0.0506. The van der Waals surface area contributed by atoms with Crippen molar-refractivity contribution in [1.29, 1.82) is 0 Å². The number of benzene rings is 2. The van der Waals surface area contributed by atoms with Gasteiger partial charge in [-0.15, -0.1) is 0 Å². The lowest BCUT2D eigenvalue weighted by Crippen LogP contribution is -2.10. The average molecular weight is 455 g/mol. The van der Waals surface area contributed by atoms with Gasteiger partial charge in [0.2, 0.25) is 0 Å². The molecule has 9 heteroatoms. The van der Waals surface area contributed by atoms with Crippen molar-refractivity contribution in [3.8, 4) is 16.9 Å². The molecule has 32 heavy (non-hydrogen) atoms. The fraction of sp³-hybridized carbons (Fsp3) is 0.217. The van der Waals surface area contributed by atoms with Gasteiger partial charge in [-0.05, 0) is 42.3 Å². The average Bonchev–Trinajstić information content (AvgIpc) is 3.32. The first-order valence-electron chi connectivity index (χ1n) is 10.0. The predicted molar refractivity (Wildman–Crippen MR) is 116 cm³/mol. The molecule has 0 spiro atoms. The fourth-order valence-electron chi connectivity index (χ4n) is 4.27. The Bertz CT molecular complexity index is 1420. The molecule has 1 aliphatic heterocycles. The molecule has 0 amide bonds. The molecule has 0 aliphatic carbocycles. The van der Waals surface area contributed by atoms with Gasteiger partial charge in [-0.3, -0.25) is 0 Å². The van der Waals surface area contributed by atoms with Gasteiger partial charge in [-0.1, -0.05) is 24.3 Å². The first-order valence-corrected chi connectivity index (χ1v) is 11.9. The highest BCUT2D eigenvalue weighted by atomic mass is 32.2. The number of ether oxygens (including phenoxy) is 1. The second kappa shape index (κ2) is 7.67. The number of pyridine rings is 1. The molecule has 0 fully saturated rings. The second-order valence-electron chi connectivity index (χ2n) is 7.73. The summed E-state index contributed by atoms with van der Waals surface area (Å²) in [6.45, 7) is -2.90. The van der Waals surface area contributed by atoms with Gasteiger partial charge in [0.25, 0.3) is 0 Å². The third kappa shape index (κ3) is 3.62. The number of sulfone groups is 1. The van der Waals surface area contributed by atoms with Gasteiger partial charge >= 0.3 is 6.61 Å². The summed E-state index contributed by atoms with van der Waals surface area (Å²) in [5.41, 5.74) is 4.00. The number of hydrogen-bond acceptors (Lipinski definition) is 5. The Labute approximate surface area is 183 Å². The van der Waals surface area contributed by atoms with Crippen molar-refractivity contribution in [2.45, 2.75) is 30.5 Å². The standard InChI is InChI=1S/C23H19F2N3O3S/c1-32(29,30)22-11-7-15(13-26-22)14-6-8-17-19(12-14)28-18(9-10-21(28)27-17)16-4-2-3-5-20(16)31-23(24)25/h2-8,11-13,18,23H,9-10H2,1H3/t18-/m1/s1. The maximum atomic E-state index is 12.9. The van der Waals surface area contributed by atoms with Crippen molar-refractivity contribution in [1.82, 2.24) is 14.5 Å². The van der Waals surface area contributed by atoms with Crippen molar-refractivity contribution in [2.24, 2.45) is 0 Å². The molecule has 1 aliphatic rings. The van der Waals surface area contributed by atoms with Crippen LogP contribution in [0.25, 0.3) is 22.2 Å². The maximum Gasteiger partial charge on any atom is 0.387 e. The van der Waals surface area contributed by atoms with Crippen LogP contribution in [0.3, 0.4) is 0 Å². The minimum absolute atomic E-state index is 0.0169. The Hall–Kier alpha value is -3.33. The summed E-state index contributed by atoms with van der Waals surface area (Å²) in [4.78, 5) is 8.79. The number of para-hydroxylation sites is 1. The van der Waals surface area contributed by atoms with Crippen LogP contribution in [-0.2, 0) is 16.3 Å². The van der Waals surface area contributed by atoms with Gasteiger partial charge in [0, 0.05) is 30.0 Å². The van der Waals surface area contributed by atoms with E-state index in [0.717, 1.165) is 47.1 Å². The number of hydrogen-bond donors (Lipinski definition) is 0. The monoisotopic (exact) mass is 455 g/mol. The number of alkyl halides is 2. The van der Waals surface area contributed by atoms with E-state index in [1.807, 2.05) is 24.3 Å². The lowest BCUT2D eigenvalue weighted by Gasteiger charge is -2.19. The summed E-state index contributed by atoms with van der Waals surface area (Å²) < 4.78 is 56.1. The minimum atomic E-state index is -3.38. The predicted octanol–water partition coefficient (Wildman–Crippen LogP) is 4.64. The number of rotatable bonds is 5. The molecule has 0 saturated carbocycles. The molecule has 0 unspecified atom stereocenters. The van der Waals surface area contributed by atoms with Crippen LogP contribution in [0, 0.1) is 0 Å². The molecule has 3 heterocycles. The van der Waals surface area contributed by atoms with Crippen molar-refractivity contribution in [2.75, 3.05) is 6.26 Å². The van der Waals surface area contributed by atoms with Crippen LogP contribution in [0.15, 0.2) is 65.8 Å². The van der Waals surface area contributed by atoms with E-state index in [1.54, 1.807) is 24.3 Å². The molecule has 1 atom stereocenters. The molecule has 4 aromatic rings. The Morgan fingerprint density at radius 3 is 2.59 bits per heavy atom. The summed E-state index contributed by atoms with van der Waals surface area (Å²) in [7, 11) is -3.38. The molecule has 0 saturated heterocycles. The minimum Gasteiger partial charge on any atom is -0.434 e. The summed E-state index contributed by atoms with van der Waals surface area (Å²) >= 11 is 0. The van der Waals surface area contributed by atoms with E-state index in [4.69, 9.17) is 9.72 Å². The zero-order valence-corrected chi connectivity index (χ0v) is 17.9. The largest absolute Gasteiger partial charge is 0.434 e. The number of aromatic nitrogens is 3. The number of halogens is 2. The summed E-state index contributed by atoms with van der Waals surface area (Å²) in [5, 5.41) is 0.0169. The number of aryl methyl sites for hydroxylation is 1. The Morgan fingerprint density at radius 2 is 1.88 bits per heavy atom. The van der Waals surface area contributed by atoms with Crippen molar-refractivity contribution >= 4 is 20.9 Å². The van der Waals surface area contributed by atoms with E-state index in [1.165, 1.54) is 12.3 Å². The van der Waals surface area contributed by atoms with Gasteiger partial charge in [0.05, 0.1) is 17.1 Å². The SMILES string of the molecule is CS(=O)(=O)c1ccc(-c2ccc3nc4n(c3c2)[C@@H](c2ccccc2OC(F)F)CC4)cn1. The van der Waals surface area contributed by atoms with Crippen molar-refractivity contribution < 1.29 is 21.9 Å². The van der Waals surface area contributed by atoms with E-state index in [-0.39, 0.29) is 16.8 Å². The second-order valence-corrected chi connectivity index (χ2v) is 9.69. The van der Waals surface area contributed by atoms with Gasteiger partial charge in [0.1, 0.15) is 11.6 Å². The topological polar surface area (TPSA) is 74.1 Å². The molecule has 6 nitrogen and oxygen atoms in total. The molecule has 2 aromatic heterocycles. The van der Waals surface area contributed by atoms with E-state index in [2.05, 4.69) is 9.55 Å². The molecule has 0 radical (unpaired) electrons. The first-order chi connectivity index (χ1) is 15.3. The highest BCUT2D eigenvalue weighted by molar-refractivity contribution is 7.90. The number of imidazole rings is 1. The Balaban J connectivity index is 1.59. The Kier molecular flexibility index (Phi) is 4.93. The number of nitrogens with zero attached hydrogens (tertiary/aromatic N) is 3. The van der Waals surface area contributed by atoms with Crippen LogP contribution in [0.1, 0.15) is 23.9 Å². The van der Waals surface area contributed by atoms with Crippen molar-refractivity contribution in [3.63, 3.8) is 0 Å². The highest BCUT2D eigenvalue weighted by Gasteiger charge is 2.29. The Morgan fingerprint density at radius 1 is 1.09 bits per heavy atom. The normalized spacial score (nSPS) is 15.9. The highest BCUT2D eigenvalue weighted by Crippen LogP contribution is 2.40. The van der Waals surface area contributed by atoms with Crippen LogP contribution < -0.4 is 4.74 Å². The summed E-state index contributed by atoms with van der Waals surface area (Å²) in [6.07, 6.45) is 4.10. The quantitative estimate of drug-likeness (QED) is 0.438. The van der Waals surface area contributed by atoms with E-state index in [9.17, 15) is 17.2 Å². The van der Waals surface area contributed by atoms with Crippen molar-refractivity contribution in [3.05, 3.63) is 72.2 Å². The molecular weight excluding hydrogens is 436 g/mol. The smallest absolute Gasteiger partial charge is 0.387 e. The molecule has 0 N–H and O–H groups in total. The van der Waals surface area contributed by atoms with Crippen LogP contribution in [0.4, 0.5) is 8.78 Å². The van der Waals surface area contributed by atoms with E-state index in [0.29, 0.717) is 5.56 Å². The van der Waals surface area contributed by atoms with E-state index >= 15 is 0 Å². The third-order valence-electron chi connectivity index (χ3n) is 5.66. The van der Waals surface area contributed by atoms with Crippen LogP contribution in [0.2, 0.25) is 0 Å². The van der Waals surface area contributed by atoms with Crippen LogP contribution in [-0.4, -0.2) is 35.8 Å². The molecule has 5 rings (SSSR count). The van der Waals surface area contributed by atoms with Gasteiger partial charge < -0.3 is 9.30 Å². The first kappa shape index (κ1) is 20.6. The maximum absolute atomic E-state index is 12.9. The zero-order valence-electron chi connectivity index (χ0n) is 17.1. The third-order valence-corrected chi connectivity index (χ3v) is 6.66. The summed E-state index contributed by atoms with van der Waals surface area (Å²) in [5.74, 6) is 1.05. The lowest BCUT2D eigenvalue weighted by atomic mass is 10.0. The molecule has 164 valence electrons. The fourth-order valence-corrected chi connectivity index (χ4v) is 4.83. The molecule has 0 bridgehead atoms. The summed E-state index contributed by atoms with van der Waals surface area (Å²) in [6, 6.07) is 15.7. The number of fused-ring (bicyclic) bond motifs is 3. The van der Waals surface area contributed by atoms with Crippen LogP contribution >= 0.6 is 0 Å². The molecular formula is C23H19F2N3O3S. The molecule has 2 aromatic carbocycles. The van der Waals surface area contributed by atoms with E-state index < -0.39 is 16.4 Å². The zero-order chi connectivity index (χ0) is 22.5. The van der Waals surface area contributed by atoms with Gasteiger partial charge in [-0.2, -0.15) is 8.78 Å².